The topological polar surface area (TPSA) is 128 Å². The Bertz CT molecular complexity index is 1220. The Balaban J connectivity index is 1.74. The van der Waals surface area contributed by atoms with Crippen LogP contribution in [0, 0.1) is 11.2 Å². The molecule has 1 aliphatic heterocycles. The first-order valence-electron chi connectivity index (χ1n) is 9.30. The third-order valence-corrected chi connectivity index (χ3v) is 6.70. The Kier molecular flexibility index (Phi) is 5.29. The molecule has 4 rings (SSSR count). The molecular formula is C19H20FN7O2S. The molecule has 30 heavy (non-hydrogen) atoms. The fraction of sp³-hybridized carbons (Fsp3) is 0.316. The third-order valence-electron chi connectivity index (χ3n) is 5.09. The zero-order valence-electron chi connectivity index (χ0n) is 16.2. The van der Waals surface area contributed by atoms with Crippen LogP contribution in [0.2, 0.25) is 0 Å². The van der Waals surface area contributed by atoms with E-state index in [2.05, 4.69) is 25.2 Å². The van der Waals surface area contributed by atoms with Gasteiger partial charge in [0.1, 0.15) is 23.7 Å². The van der Waals surface area contributed by atoms with Crippen LogP contribution in [0.25, 0.3) is 22.3 Å². The van der Waals surface area contributed by atoms with Crippen molar-refractivity contribution >= 4 is 39.0 Å². The molecule has 2 N–H and O–H groups in total. The Morgan fingerprint density at radius 2 is 2.03 bits per heavy atom. The molecule has 1 aromatic carbocycles. The van der Waals surface area contributed by atoms with Crippen LogP contribution in [0.4, 0.5) is 10.2 Å². The summed E-state index contributed by atoms with van der Waals surface area (Å²) in [5.41, 5.74) is 1.89. The van der Waals surface area contributed by atoms with Gasteiger partial charge in [0.15, 0.2) is 9.84 Å². The normalized spacial score (nSPS) is 17.5. The number of fused-ring (bicyclic) bond motifs is 1. The minimum absolute atomic E-state index is 0.0876. The number of H-pyrrole nitrogens is 1. The van der Waals surface area contributed by atoms with Crippen LogP contribution in [0.3, 0.4) is 0 Å². The molecule has 1 atom stereocenters. The van der Waals surface area contributed by atoms with Crippen molar-refractivity contribution in [2.24, 2.45) is 4.99 Å². The first kappa shape index (κ1) is 20.1. The second-order valence-corrected chi connectivity index (χ2v) is 9.30. The van der Waals surface area contributed by atoms with Crippen molar-refractivity contribution in [2.75, 3.05) is 36.5 Å². The molecule has 11 heteroatoms. The molecule has 3 aromatic rings. The van der Waals surface area contributed by atoms with Crippen LogP contribution in [0.5, 0.6) is 0 Å². The fourth-order valence-corrected chi connectivity index (χ4v) is 4.67. The molecule has 0 amide bonds. The summed E-state index contributed by atoms with van der Waals surface area (Å²) in [7, 11) is -1.42. The maximum Gasteiger partial charge on any atom is 0.153 e. The molecule has 1 unspecified atom stereocenters. The van der Waals surface area contributed by atoms with Gasteiger partial charge in [-0.2, -0.15) is 5.10 Å². The number of hydrogen-bond donors (Lipinski definition) is 2. The maximum atomic E-state index is 14.6. The SMILES string of the molecule is CN=CC(C=N)c1cc2c(-c3cc(N4CCS(=O)(=O)CC4)ncn3)n[nH]c2cc1F. The lowest BCUT2D eigenvalue weighted by atomic mass is 9.98. The molecule has 1 fully saturated rings. The number of rotatable bonds is 5. The molecule has 0 aliphatic carbocycles. The van der Waals surface area contributed by atoms with Crippen LogP contribution in [-0.2, 0) is 9.84 Å². The van der Waals surface area contributed by atoms with Crippen LogP contribution in [0.15, 0.2) is 29.5 Å². The van der Waals surface area contributed by atoms with Gasteiger partial charge in [0, 0.05) is 49.6 Å². The van der Waals surface area contributed by atoms with E-state index in [1.165, 1.54) is 18.6 Å². The van der Waals surface area contributed by atoms with Gasteiger partial charge in [-0.1, -0.05) is 0 Å². The molecule has 0 bridgehead atoms. The molecule has 1 saturated heterocycles. The maximum absolute atomic E-state index is 14.6. The van der Waals surface area contributed by atoms with Gasteiger partial charge in [0.2, 0.25) is 0 Å². The highest BCUT2D eigenvalue weighted by Crippen LogP contribution is 2.30. The summed E-state index contributed by atoms with van der Waals surface area (Å²) in [4.78, 5) is 14.4. The van der Waals surface area contributed by atoms with Gasteiger partial charge in [-0.25, -0.2) is 22.8 Å². The Morgan fingerprint density at radius 1 is 1.27 bits per heavy atom. The number of benzene rings is 1. The lowest BCUT2D eigenvalue weighted by Gasteiger charge is -2.27. The largest absolute Gasteiger partial charge is 0.354 e. The van der Waals surface area contributed by atoms with Crippen molar-refractivity contribution in [3.05, 3.63) is 35.9 Å². The molecule has 0 saturated carbocycles. The van der Waals surface area contributed by atoms with Gasteiger partial charge in [-0.05, 0) is 12.1 Å². The second-order valence-electron chi connectivity index (χ2n) is 6.99. The summed E-state index contributed by atoms with van der Waals surface area (Å²) < 4.78 is 37.9. The number of halogens is 1. The summed E-state index contributed by atoms with van der Waals surface area (Å²) in [6.45, 7) is 0.736. The van der Waals surface area contributed by atoms with Crippen LogP contribution >= 0.6 is 0 Å². The molecule has 3 heterocycles. The van der Waals surface area contributed by atoms with E-state index in [-0.39, 0.29) is 11.5 Å². The standard InChI is InChI=1S/C19H20FN7O2S/c1-22-10-12(9-21)13-6-14-16(7-15(13)20)25-26-19(14)17-8-18(24-11-23-17)27-2-4-30(28,29)5-3-27/h6-12,21H,2-5H2,1H3,(H,25,26). The van der Waals surface area contributed by atoms with Gasteiger partial charge >= 0.3 is 0 Å². The van der Waals surface area contributed by atoms with E-state index in [1.807, 2.05) is 4.90 Å². The first-order valence-corrected chi connectivity index (χ1v) is 11.1. The lowest BCUT2D eigenvalue weighted by Crippen LogP contribution is -2.40. The lowest BCUT2D eigenvalue weighted by molar-refractivity contribution is 0.586. The van der Waals surface area contributed by atoms with Crippen LogP contribution < -0.4 is 4.90 Å². The van der Waals surface area contributed by atoms with Gasteiger partial charge in [0.05, 0.1) is 28.6 Å². The van der Waals surface area contributed by atoms with Crippen molar-refractivity contribution < 1.29 is 12.8 Å². The number of anilines is 1. The highest BCUT2D eigenvalue weighted by Gasteiger charge is 2.23. The van der Waals surface area contributed by atoms with Gasteiger partial charge < -0.3 is 10.3 Å². The van der Waals surface area contributed by atoms with E-state index >= 15 is 0 Å². The number of nitrogens with one attached hydrogen (secondary N) is 2. The van der Waals surface area contributed by atoms with Crippen molar-refractivity contribution in [3.63, 3.8) is 0 Å². The molecule has 0 radical (unpaired) electrons. The number of hydrogen-bond acceptors (Lipinski definition) is 8. The molecular weight excluding hydrogens is 409 g/mol. The monoisotopic (exact) mass is 429 g/mol. The van der Waals surface area contributed by atoms with Gasteiger partial charge in [0.25, 0.3) is 0 Å². The average molecular weight is 429 g/mol. The fourth-order valence-electron chi connectivity index (χ4n) is 3.47. The van der Waals surface area contributed by atoms with Crippen LogP contribution in [0.1, 0.15) is 11.5 Å². The molecule has 9 nitrogen and oxygen atoms in total. The number of nitrogens with zero attached hydrogens (tertiary/aromatic N) is 5. The smallest absolute Gasteiger partial charge is 0.153 e. The summed E-state index contributed by atoms with van der Waals surface area (Å²) in [6.07, 6.45) is 4.04. The number of aromatic nitrogens is 4. The zero-order chi connectivity index (χ0) is 21.3. The van der Waals surface area contributed by atoms with Crippen molar-refractivity contribution in [1.82, 2.24) is 20.2 Å². The summed E-state index contributed by atoms with van der Waals surface area (Å²) >= 11 is 0. The Labute approximate surface area is 172 Å². The van der Waals surface area contributed by atoms with Crippen LogP contribution in [-0.4, -0.2) is 72.7 Å². The second kappa shape index (κ2) is 7.90. The van der Waals surface area contributed by atoms with Crippen molar-refractivity contribution in [3.8, 4) is 11.4 Å². The van der Waals surface area contributed by atoms with E-state index in [4.69, 9.17) is 5.41 Å². The zero-order valence-corrected chi connectivity index (χ0v) is 17.0. The summed E-state index contributed by atoms with van der Waals surface area (Å²) in [5, 5.41) is 15.4. The van der Waals surface area contributed by atoms with E-state index in [0.717, 1.165) is 6.21 Å². The molecule has 1 aliphatic rings. The van der Waals surface area contributed by atoms with Crippen molar-refractivity contribution in [2.45, 2.75) is 5.92 Å². The summed E-state index contributed by atoms with van der Waals surface area (Å²) in [5.74, 6) is -0.250. The third kappa shape index (κ3) is 3.80. The quantitative estimate of drug-likeness (QED) is 0.596. The average Bonchev–Trinajstić information content (AvgIpc) is 3.14. The first-order chi connectivity index (χ1) is 14.4. The highest BCUT2D eigenvalue weighted by molar-refractivity contribution is 7.91. The number of sulfone groups is 1. The van der Waals surface area contributed by atoms with Gasteiger partial charge in [-0.3, -0.25) is 10.1 Å². The van der Waals surface area contributed by atoms with Crippen molar-refractivity contribution in [1.29, 1.82) is 5.41 Å². The Hall–Kier alpha value is -3.21. The number of aromatic amines is 1. The van der Waals surface area contributed by atoms with E-state index in [9.17, 15) is 12.8 Å². The molecule has 156 valence electrons. The van der Waals surface area contributed by atoms with E-state index in [1.54, 1.807) is 19.2 Å². The minimum Gasteiger partial charge on any atom is -0.354 e. The predicted octanol–water partition coefficient (Wildman–Crippen LogP) is 1.83. The minimum atomic E-state index is -3.00. The molecule has 0 spiro atoms. The predicted molar refractivity (Wildman–Crippen MR) is 114 cm³/mol. The van der Waals surface area contributed by atoms with Gasteiger partial charge in [-0.15, -0.1) is 0 Å². The van der Waals surface area contributed by atoms with E-state index < -0.39 is 21.6 Å². The highest BCUT2D eigenvalue weighted by atomic mass is 32.2. The Morgan fingerprint density at radius 3 is 2.73 bits per heavy atom. The molecule has 2 aromatic heterocycles. The van der Waals surface area contributed by atoms with E-state index in [0.29, 0.717) is 46.8 Å². The summed E-state index contributed by atoms with van der Waals surface area (Å²) in [6, 6.07) is 4.74. The number of aliphatic imine (C=N–C) groups is 1.